The lowest BCUT2D eigenvalue weighted by atomic mass is 10.0. The Hall–Kier alpha value is -4.50. The van der Waals surface area contributed by atoms with Gasteiger partial charge in [0, 0.05) is 31.2 Å². The number of aliphatic hydroxyl groups is 1. The molecule has 0 saturated heterocycles. The third-order valence-corrected chi connectivity index (χ3v) is 5.70. The highest BCUT2D eigenvalue weighted by Crippen LogP contribution is 2.12. The fourth-order valence-corrected chi connectivity index (χ4v) is 3.55. The maximum Gasteiger partial charge on any atom is 0.328 e. The number of phenolic OH excluding ortho intramolecular Hbond substituents is 1. The number of aromatic hydroxyl groups is 1. The van der Waals surface area contributed by atoms with Crippen LogP contribution >= 0.6 is 0 Å². The van der Waals surface area contributed by atoms with Crippen LogP contribution in [-0.2, 0) is 36.8 Å². The summed E-state index contributed by atoms with van der Waals surface area (Å²) in [6.45, 7) is 1.18. The summed E-state index contributed by atoms with van der Waals surface area (Å²) in [7, 11) is 0. The predicted octanol–water partition coefficient (Wildman–Crippen LogP) is -2.59. The number of nitrogens with zero attached hydrogens (tertiary/aromatic N) is 1. The summed E-state index contributed by atoms with van der Waals surface area (Å²) in [6, 6.07) is 0.278. The molecule has 1 aromatic carbocycles. The minimum atomic E-state index is -1.66. The van der Waals surface area contributed by atoms with Gasteiger partial charge in [-0.1, -0.05) is 12.1 Å². The average molecular weight is 548 g/mol. The monoisotopic (exact) mass is 547 g/mol. The van der Waals surface area contributed by atoms with Gasteiger partial charge >= 0.3 is 5.97 Å². The number of carboxylic acids is 1. The van der Waals surface area contributed by atoms with Gasteiger partial charge < -0.3 is 47.7 Å². The number of hydrogen-bond acceptors (Lipinski definition) is 9. The van der Waals surface area contributed by atoms with Gasteiger partial charge in [0.15, 0.2) is 6.04 Å². The van der Waals surface area contributed by atoms with E-state index in [4.69, 9.17) is 11.5 Å². The highest BCUT2D eigenvalue weighted by Gasteiger charge is 2.32. The van der Waals surface area contributed by atoms with E-state index in [1.54, 1.807) is 0 Å². The van der Waals surface area contributed by atoms with Crippen molar-refractivity contribution in [2.45, 2.75) is 62.9 Å². The zero-order valence-corrected chi connectivity index (χ0v) is 21.2. The number of H-pyrrole nitrogens is 1. The number of rotatable bonds is 15. The topological polar surface area (TPSA) is 263 Å². The number of aliphatic hydroxyl groups excluding tert-OH is 1. The molecule has 2 aromatic rings. The predicted molar refractivity (Wildman–Crippen MR) is 136 cm³/mol. The van der Waals surface area contributed by atoms with Gasteiger partial charge in [0.05, 0.1) is 18.5 Å². The fourth-order valence-electron chi connectivity index (χ4n) is 3.55. The van der Waals surface area contributed by atoms with Gasteiger partial charge in [-0.25, -0.2) is 9.78 Å². The summed E-state index contributed by atoms with van der Waals surface area (Å²) >= 11 is 0. The normalized spacial score (nSPS) is 14.7. The summed E-state index contributed by atoms with van der Waals surface area (Å²) < 4.78 is 0. The second-order valence-corrected chi connectivity index (χ2v) is 8.95. The summed E-state index contributed by atoms with van der Waals surface area (Å²) in [4.78, 5) is 68.5. The molecule has 11 N–H and O–H groups in total. The number of aliphatic carboxylic acids is 1. The molecule has 0 aliphatic rings. The van der Waals surface area contributed by atoms with Crippen LogP contribution < -0.4 is 27.4 Å². The first-order chi connectivity index (χ1) is 18.4. The number of imidazole rings is 1. The molecule has 15 heteroatoms. The summed E-state index contributed by atoms with van der Waals surface area (Å²) in [5, 5.41) is 35.7. The number of nitrogens with one attached hydrogen (secondary N) is 4. The Balaban J connectivity index is 2.24. The van der Waals surface area contributed by atoms with Crippen LogP contribution in [-0.4, -0.2) is 85.2 Å². The molecule has 0 radical (unpaired) electrons. The summed E-state index contributed by atoms with van der Waals surface area (Å²) in [5.74, 6) is -4.77. The zero-order valence-electron chi connectivity index (χ0n) is 21.2. The van der Waals surface area contributed by atoms with Crippen LogP contribution in [0, 0.1) is 0 Å². The number of carbonyl (C=O) groups is 5. The Kier molecular flexibility index (Phi) is 11.4. The highest BCUT2D eigenvalue weighted by atomic mass is 16.4. The Morgan fingerprint density at radius 2 is 1.59 bits per heavy atom. The van der Waals surface area contributed by atoms with E-state index in [0.29, 0.717) is 11.3 Å². The number of aromatic amines is 1. The van der Waals surface area contributed by atoms with E-state index in [2.05, 4.69) is 25.9 Å². The van der Waals surface area contributed by atoms with E-state index in [9.17, 15) is 39.3 Å². The smallest absolute Gasteiger partial charge is 0.328 e. The molecule has 212 valence electrons. The van der Waals surface area contributed by atoms with Crippen molar-refractivity contribution >= 4 is 29.6 Å². The highest BCUT2D eigenvalue weighted by molar-refractivity contribution is 5.94. The third-order valence-electron chi connectivity index (χ3n) is 5.70. The number of carbonyl (C=O) groups excluding carboxylic acids is 4. The molecule has 5 unspecified atom stereocenters. The first kappa shape index (κ1) is 30.7. The molecular formula is C24H33N7O8. The third kappa shape index (κ3) is 10.1. The summed E-state index contributed by atoms with van der Waals surface area (Å²) in [6.07, 6.45) is 0.908. The first-order valence-corrected chi connectivity index (χ1v) is 12.0. The van der Waals surface area contributed by atoms with Gasteiger partial charge in [-0.15, -0.1) is 0 Å². The lowest BCUT2D eigenvalue weighted by Gasteiger charge is -2.26. The number of nitrogens with two attached hydrogens (primary N) is 2. The van der Waals surface area contributed by atoms with E-state index in [-0.39, 0.29) is 31.4 Å². The molecule has 39 heavy (non-hydrogen) atoms. The quantitative estimate of drug-likeness (QED) is 0.112. The van der Waals surface area contributed by atoms with Gasteiger partial charge in [-0.3, -0.25) is 19.2 Å². The van der Waals surface area contributed by atoms with Crippen molar-refractivity contribution < 1.29 is 39.3 Å². The first-order valence-electron chi connectivity index (χ1n) is 12.0. The van der Waals surface area contributed by atoms with E-state index >= 15 is 0 Å². The summed E-state index contributed by atoms with van der Waals surface area (Å²) in [5.41, 5.74) is 12.2. The van der Waals surface area contributed by atoms with E-state index in [0.717, 1.165) is 0 Å². The van der Waals surface area contributed by atoms with Gasteiger partial charge in [0.1, 0.15) is 17.8 Å². The molecule has 1 heterocycles. The van der Waals surface area contributed by atoms with Crippen molar-refractivity contribution in [3.63, 3.8) is 0 Å². The van der Waals surface area contributed by atoms with Crippen molar-refractivity contribution in [3.05, 3.63) is 48.0 Å². The molecule has 2 rings (SSSR count). The molecule has 0 aliphatic carbocycles. The maximum absolute atomic E-state index is 13.2. The zero-order chi connectivity index (χ0) is 29.1. The number of phenols is 1. The molecule has 1 aromatic heterocycles. The molecule has 15 nitrogen and oxygen atoms in total. The van der Waals surface area contributed by atoms with Gasteiger partial charge in [-0.2, -0.15) is 0 Å². The van der Waals surface area contributed by atoms with Crippen LogP contribution in [0.3, 0.4) is 0 Å². The van der Waals surface area contributed by atoms with Crippen LogP contribution in [0.1, 0.15) is 31.0 Å². The SMILES string of the molecule is CC(O)C(NC(=O)C(Cc1ccc(O)cc1)NC(=O)C(CCC(N)=O)NC(=O)C(N)Cc1cnc[nH]1)C(=O)O. The van der Waals surface area contributed by atoms with Crippen molar-refractivity contribution in [3.8, 4) is 5.75 Å². The van der Waals surface area contributed by atoms with Crippen LogP contribution in [0.4, 0.5) is 0 Å². The molecule has 0 bridgehead atoms. The lowest BCUT2D eigenvalue weighted by Crippen LogP contribution is -2.59. The maximum atomic E-state index is 13.2. The molecule has 0 spiro atoms. The van der Waals surface area contributed by atoms with Crippen LogP contribution in [0.5, 0.6) is 5.75 Å². The van der Waals surface area contributed by atoms with E-state index < -0.39 is 59.9 Å². The minimum Gasteiger partial charge on any atom is -0.508 e. The lowest BCUT2D eigenvalue weighted by molar-refractivity contribution is -0.145. The number of carboxylic acid groups (broad SMARTS) is 1. The van der Waals surface area contributed by atoms with Gasteiger partial charge in [0.25, 0.3) is 0 Å². The van der Waals surface area contributed by atoms with Crippen molar-refractivity contribution in [1.29, 1.82) is 0 Å². The Morgan fingerprint density at radius 1 is 0.974 bits per heavy atom. The number of benzene rings is 1. The molecule has 0 aliphatic heterocycles. The second-order valence-electron chi connectivity index (χ2n) is 8.95. The van der Waals surface area contributed by atoms with Crippen molar-refractivity contribution in [2.75, 3.05) is 0 Å². The molecule has 5 atom stereocenters. The largest absolute Gasteiger partial charge is 0.508 e. The fraction of sp³-hybridized carbons (Fsp3) is 0.417. The second kappa shape index (κ2) is 14.4. The average Bonchev–Trinajstić information content (AvgIpc) is 3.38. The van der Waals surface area contributed by atoms with Gasteiger partial charge in [-0.05, 0) is 31.0 Å². The Labute approximate surface area is 223 Å². The van der Waals surface area contributed by atoms with E-state index in [1.807, 2.05) is 0 Å². The Morgan fingerprint density at radius 3 is 2.13 bits per heavy atom. The molecule has 0 saturated carbocycles. The number of primary amides is 1. The van der Waals surface area contributed by atoms with Gasteiger partial charge in [0.2, 0.25) is 23.6 Å². The minimum absolute atomic E-state index is 0.0375. The Bertz CT molecular complexity index is 1140. The van der Waals surface area contributed by atoms with Crippen molar-refractivity contribution in [1.82, 2.24) is 25.9 Å². The molecule has 0 fully saturated rings. The molecular weight excluding hydrogens is 514 g/mol. The number of amides is 4. The van der Waals surface area contributed by atoms with Crippen LogP contribution in [0.25, 0.3) is 0 Å². The van der Waals surface area contributed by atoms with Crippen LogP contribution in [0.15, 0.2) is 36.8 Å². The van der Waals surface area contributed by atoms with Crippen molar-refractivity contribution in [2.24, 2.45) is 11.5 Å². The van der Waals surface area contributed by atoms with Crippen LogP contribution in [0.2, 0.25) is 0 Å². The number of hydrogen-bond donors (Lipinski definition) is 9. The van der Waals surface area contributed by atoms with E-state index in [1.165, 1.54) is 43.7 Å². The standard InChI is InChI=1S/C24H33N7O8/c1-12(32)20(24(38)39)31-23(37)18(8-13-2-4-15(33)5-3-13)30-22(36)17(6-7-19(26)34)29-21(35)16(25)9-14-10-27-11-28-14/h2-5,10-12,16-18,20,32-33H,6-9,25H2,1H3,(H2,26,34)(H,27,28)(H,29,35)(H,30,36)(H,31,37)(H,38,39). The molecule has 4 amide bonds. The number of aromatic nitrogens is 2.